The first-order valence-corrected chi connectivity index (χ1v) is 11.2. The van der Waals surface area contributed by atoms with Crippen LogP contribution in [0.5, 0.6) is 5.88 Å². The molecule has 35 heavy (non-hydrogen) atoms. The van der Waals surface area contributed by atoms with Gasteiger partial charge in [0.1, 0.15) is 23.1 Å². The van der Waals surface area contributed by atoms with Crippen molar-refractivity contribution in [2.75, 3.05) is 18.6 Å². The van der Waals surface area contributed by atoms with E-state index in [2.05, 4.69) is 15.2 Å². The highest BCUT2D eigenvalue weighted by molar-refractivity contribution is 5.65. The Morgan fingerprint density at radius 1 is 1.00 bits per heavy atom. The predicted molar refractivity (Wildman–Crippen MR) is 126 cm³/mol. The highest BCUT2D eigenvalue weighted by Gasteiger charge is 2.30. The summed E-state index contributed by atoms with van der Waals surface area (Å²) in [6, 6.07) is 8.87. The zero-order valence-corrected chi connectivity index (χ0v) is 18.8. The normalized spacial score (nSPS) is 15.7. The molecule has 8 nitrogen and oxygen atoms in total. The van der Waals surface area contributed by atoms with E-state index in [1.807, 2.05) is 29.4 Å². The molecule has 0 bridgehead atoms. The summed E-state index contributed by atoms with van der Waals surface area (Å²) in [5.41, 5.74) is 3.45. The number of aromatic nitrogens is 6. The van der Waals surface area contributed by atoms with Crippen LogP contribution < -0.4 is 9.64 Å². The number of ether oxygens (including phenoxy) is 1. The van der Waals surface area contributed by atoms with Gasteiger partial charge in [0.25, 0.3) is 0 Å². The maximum Gasteiger partial charge on any atom is 0.212 e. The Kier molecular flexibility index (Phi) is 5.13. The molecule has 1 fully saturated rings. The molecule has 1 aromatic carbocycles. The van der Waals surface area contributed by atoms with Crippen LogP contribution in [0.2, 0.25) is 0 Å². The third kappa shape index (κ3) is 3.76. The van der Waals surface area contributed by atoms with Crippen molar-refractivity contribution in [1.82, 2.24) is 29.4 Å². The molecule has 10 heteroatoms. The minimum Gasteiger partial charge on any atom is -0.481 e. The van der Waals surface area contributed by atoms with E-state index in [4.69, 9.17) is 9.72 Å². The maximum absolute atomic E-state index is 14.5. The van der Waals surface area contributed by atoms with Gasteiger partial charge in [-0.25, -0.2) is 27.9 Å². The number of fused-ring (bicyclic) bond motifs is 1. The summed E-state index contributed by atoms with van der Waals surface area (Å²) >= 11 is 0. The highest BCUT2D eigenvalue weighted by atomic mass is 19.1. The number of rotatable bonds is 5. The van der Waals surface area contributed by atoms with Crippen LogP contribution in [-0.4, -0.2) is 43.0 Å². The van der Waals surface area contributed by atoms with Crippen LogP contribution in [0.25, 0.3) is 22.5 Å². The molecule has 5 heterocycles. The van der Waals surface area contributed by atoms with Crippen LogP contribution in [0.3, 0.4) is 0 Å². The number of hydrogen-bond acceptors (Lipinski definition) is 6. The smallest absolute Gasteiger partial charge is 0.212 e. The molecular formula is C25H21F2N7O. The van der Waals surface area contributed by atoms with E-state index in [1.54, 1.807) is 41.0 Å². The predicted octanol–water partition coefficient (Wildman–Crippen LogP) is 4.61. The van der Waals surface area contributed by atoms with E-state index >= 15 is 0 Å². The van der Waals surface area contributed by atoms with Gasteiger partial charge < -0.3 is 9.64 Å². The molecule has 1 saturated heterocycles. The van der Waals surface area contributed by atoms with E-state index in [0.29, 0.717) is 35.1 Å². The second-order valence-corrected chi connectivity index (χ2v) is 8.36. The van der Waals surface area contributed by atoms with Gasteiger partial charge in [-0.05, 0) is 43.2 Å². The van der Waals surface area contributed by atoms with Crippen LogP contribution >= 0.6 is 0 Å². The van der Waals surface area contributed by atoms with Gasteiger partial charge in [0.15, 0.2) is 5.65 Å². The SMILES string of the molecule is COc1ccc(-c2cnn(-c3cnn4ccc(N5CCCC5c5cc(F)ccc5F)nc34)c2)cn1. The highest BCUT2D eigenvalue weighted by Crippen LogP contribution is 2.37. The number of pyridine rings is 1. The summed E-state index contributed by atoms with van der Waals surface area (Å²) < 4.78 is 36.9. The van der Waals surface area contributed by atoms with E-state index in [0.717, 1.165) is 30.0 Å². The van der Waals surface area contributed by atoms with Gasteiger partial charge in [-0.2, -0.15) is 10.2 Å². The Labute approximate surface area is 199 Å². The van der Waals surface area contributed by atoms with Gasteiger partial charge in [-0.15, -0.1) is 0 Å². The van der Waals surface area contributed by atoms with Crippen molar-refractivity contribution in [2.45, 2.75) is 18.9 Å². The fourth-order valence-electron chi connectivity index (χ4n) is 4.58. The zero-order valence-electron chi connectivity index (χ0n) is 18.8. The number of nitrogens with zero attached hydrogens (tertiary/aromatic N) is 7. The third-order valence-corrected chi connectivity index (χ3v) is 6.31. The van der Waals surface area contributed by atoms with Crippen molar-refractivity contribution < 1.29 is 13.5 Å². The lowest BCUT2D eigenvalue weighted by Gasteiger charge is -2.26. The zero-order chi connectivity index (χ0) is 23.9. The molecule has 1 atom stereocenters. The van der Waals surface area contributed by atoms with Crippen LogP contribution in [0.1, 0.15) is 24.4 Å². The lowest BCUT2D eigenvalue weighted by atomic mass is 10.0. The monoisotopic (exact) mass is 473 g/mol. The van der Waals surface area contributed by atoms with Crippen molar-refractivity contribution >= 4 is 11.5 Å². The largest absolute Gasteiger partial charge is 0.481 e. The summed E-state index contributed by atoms with van der Waals surface area (Å²) in [6.07, 6.45) is 10.5. The molecule has 0 N–H and O–H groups in total. The quantitative estimate of drug-likeness (QED) is 0.371. The number of benzene rings is 1. The van der Waals surface area contributed by atoms with Gasteiger partial charge in [0.05, 0.1) is 25.5 Å². The van der Waals surface area contributed by atoms with Crippen molar-refractivity contribution in [1.29, 1.82) is 0 Å². The van der Waals surface area contributed by atoms with Crippen molar-refractivity contribution in [3.8, 4) is 22.7 Å². The molecule has 176 valence electrons. The molecule has 0 radical (unpaired) electrons. The first-order valence-electron chi connectivity index (χ1n) is 11.2. The summed E-state index contributed by atoms with van der Waals surface area (Å²) in [5, 5.41) is 8.90. The number of halogens is 2. The second-order valence-electron chi connectivity index (χ2n) is 8.36. The van der Waals surface area contributed by atoms with Crippen LogP contribution in [0.4, 0.5) is 14.6 Å². The van der Waals surface area contributed by atoms with E-state index < -0.39 is 11.6 Å². The van der Waals surface area contributed by atoms with Gasteiger partial charge in [-0.1, -0.05) is 0 Å². The van der Waals surface area contributed by atoms with Crippen LogP contribution in [-0.2, 0) is 0 Å². The average molecular weight is 473 g/mol. The van der Waals surface area contributed by atoms with E-state index in [9.17, 15) is 8.78 Å². The minimum absolute atomic E-state index is 0.286. The van der Waals surface area contributed by atoms with Crippen LogP contribution in [0, 0.1) is 11.6 Å². The molecule has 1 aliphatic rings. The Balaban J connectivity index is 1.35. The van der Waals surface area contributed by atoms with Crippen molar-refractivity contribution in [2.24, 2.45) is 0 Å². The summed E-state index contributed by atoms with van der Waals surface area (Å²) in [7, 11) is 1.57. The molecule has 1 unspecified atom stereocenters. The lowest BCUT2D eigenvalue weighted by molar-refractivity contribution is 0.398. The molecule has 0 amide bonds. The van der Waals surface area contributed by atoms with Crippen molar-refractivity contribution in [3.05, 3.63) is 84.6 Å². The van der Waals surface area contributed by atoms with Crippen molar-refractivity contribution in [3.63, 3.8) is 0 Å². The first-order chi connectivity index (χ1) is 17.1. The summed E-state index contributed by atoms with van der Waals surface area (Å²) in [6.45, 7) is 0.698. The fourth-order valence-corrected chi connectivity index (χ4v) is 4.58. The van der Waals surface area contributed by atoms with E-state index in [1.165, 1.54) is 12.1 Å². The summed E-state index contributed by atoms with van der Waals surface area (Å²) in [5.74, 6) is 0.360. The molecule has 6 rings (SSSR count). The molecule has 1 aliphatic heterocycles. The fraction of sp³-hybridized carbons (Fsp3) is 0.200. The van der Waals surface area contributed by atoms with Gasteiger partial charge in [-0.3, -0.25) is 0 Å². The molecule has 0 aliphatic carbocycles. The molecular weight excluding hydrogens is 452 g/mol. The number of hydrogen-bond donors (Lipinski definition) is 0. The molecule has 4 aromatic heterocycles. The molecule has 0 saturated carbocycles. The third-order valence-electron chi connectivity index (χ3n) is 6.31. The number of methoxy groups -OCH3 is 1. The topological polar surface area (TPSA) is 73.4 Å². The Morgan fingerprint density at radius 3 is 2.74 bits per heavy atom. The second kappa shape index (κ2) is 8.46. The first kappa shape index (κ1) is 21.2. The minimum atomic E-state index is -0.448. The molecule has 0 spiro atoms. The Hall–Kier alpha value is -4.34. The van der Waals surface area contributed by atoms with Gasteiger partial charge >= 0.3 is 0 Å². The number of anilines is 1. The van der Waals surface area contributed by atoms with Gasteiger partial charge in [0.2, 0.25) is 5.88 Å². The Bertz CT molecular complexity index is 1510. The maximum atomic E-state index is 14.5. The average Bonchev–Trinajstić information content (AvgIpc) is 3.64. The standard InChI is InChI=1S/C25H21F2N7O/c1-35-24-7-4-16(12-28-24)17-13-29-34(15-17)22-14-30-33-10-8-23(31-25(22)33)32-9-2-3-21(32)19-11-18(26)5-6-20(19)27/h4-8,10-15,21H,2-3,9H2,1H3. The Morgan fingerprint density at radius 2 is 1.91 bits per heavy atom. The van der Waals surface area contributed by atoms with E-state index in [-0.39, 0.29) is 6.04 Å². The molecule has 5 aromatic rings. The van der Waals surface area contributed by atoms with Crippen LogP contribution in [0.15, 0.2) is 67.4 Å². The summed E-state index contributed by atoms with van der Waals surface area (Å²) in [4.78, 5) is 11.1. The lowest BCUT2D eigenvalue weighted by Crippen LogP contribution is -2.24. The van der Waals surface area contributed by atoms with Gasteiger partial charge in [0, 0.05) is 47.9 Å².